The summed E-state index contributed by atoms with van der Waals surface area (Å²) in [5.41, 5.74) is 0.690. The lowest BCUT2D eigenvalue weighted by atomic mass is 10.2. The third-order valence-electron chi connectivity index (χ3n) is 4.76. The molecule has 1 saturated heterocycles. The fourth-order valence-corrected chi connectivity index (χ4v) is 4.18. The predicted octanol–water partition coefficient (Wildman–Crippen LogP) is 3.29. The minimum atomic E-state index is -2.83. The van der Waals surface area contributed by atoms with Crippen molar-refractivity contribution < 1.29 is 13.5 Å². The van der Waals surface area contributed by atoms with Gasteiger partial charge in [-0.25, -0.2) is 4.98 Å². The number of anilines is 1. The number of benzene rings is 1. The van der Waals surface area contributed by atoms with E-state index in [0.29, 0.717) is 12.2 Å². The Labute approximate surface area is 174 Å². The third kappa shape index (κ3) is 6.03. The molecular weight excluding hydrogens is 396 g/mol. The molecule has 1 atom stereocenters. The number of guanidine groups is 1. The Kier molecular flexibility index (Phi) is 7.62. The molecule has 0 aliphatic carbocycles. The standard InChI is InChI=1S/C20H27F2N5OS/c1-3-15-12-25-18(29-15)8-10-24-20(23-2)26-14-9-11-27(13-14)16-6-4-5-7-17(16)28-19(21)22/h4-7,12,14,19H,3,8-11,13H2,1-2H3,(H2,23,24,26). The van der Waals surface area contributed by atoms with Crippen LogP contribution in [-0.4, -0.2) is 50.3 Å². The molecule has 0 spiro atoms. The van der Waals surface area contributed by atoms with Crippen molar-refractivity contribution in [3.8, 4) is 5.75 Å². The van der Waals surface area contributed by atoms with Crippen LogP contribution in [0.15, 0.2) is 35.5 Å². The van der Waals surface area contributed by atoms with Crippen LogP contribution in [0.3, 0.4) is 0 Å². The topological polar surface area (TPSA) is 61.8 Å². The van der Waals surface area contributed by atoms with Crippen LogP contribution in [0.2, 0.25) is 0 Å². The van der Waals surface area contributed by atoms with Crippen LogP contribution >= 0.6 is 11.3 Å². The molecule has 1 unspecified atom stereocenters. The lowest BCUT2D eigenvalue weighted by molar-refractivity contribution is -0.0495. The van der Waals surface area contributed by atoms with Crippen molar-refractivity contribution in [2.75, 3.05) is 31.6 Å². The number of rotatable bonds is 8. The van der Waals surface area contributed by atoms with Gasteiger partial charge in [0.25, 0.3) is 0 Å². The molecule has 2 aromatic rings. The van der Waals surface area contributed by atoms with Crippen molar-refractivity contribution >= 4 is 23.0 Å². The molecule has 6 nitrogen and oxygen atoms in total. The van der Waals surface area contributed by atoms with Crippen molar-refractivity contribution in [3.05, 3.63) is 40.3 Å². The number of halogens is 2. The van der Waals surface area contributed by atoms with Crippen LogP contribution in [-0.2, 0) is 12.8 Å². The van der Waals surface area contributed by atoms with Gasteiger partial charge in [-0.05, 0) is 25.0 Å². The first kappa shape index (κ1) is 21.3. The Bertz CT molecular complexity index is 814. The monoisotopic (exact) mass is 423 g/mol. The summed E-state index contributed by atoms with van der Waals surface area (Å²) < 4.78 is 30.0. The largest absolute Gasteiger partial charge is 0.433 e. The van der Waals surface area contributed by atoms with Crippen LogP contribution < -0.4 is 20.3 Å². The average Bonchev–Trinajstić information content (AvgIpc) is 3.36. The van der Waals surface area contributed by atoms with Gasteiger partial charge in [-0.15, -0.1) is 11.3 Å². The summed E-state index contributed by atoms with van der Waals surface area (Å²) in [6, 6.07) is 7.09. The second-order valence-electron chi connectivity index (χ2n) is 6.75. The van der Waals surface area contributed by atoms with Gasteiger partial charge in [0.05, 0.1) is 10.7 Å². The number of ether oxygens (including phenoxy) is 1. The highest BCUT2D eigenvalue weighted by molar-refractivity contribution is 7.11. The summed E-state index contributed by atoms with van der Waals surface area (Å²) in [7, 11) is 1.74. The molecule has 1 aromatic carbocycles. The number of aromatic nitrogens is 1. The lowest BCUT2D eigenvalue weighted by Crippen LogP contribution is -2.45. The Morgan fingerprint density at radius 2 is 2.24 bits per heavy atom. The summed E-state index contributed by atoms with van der Waals surface area (Å²) in [6.45, 7) is 1.50. The summed E-state index contributed by atoms with van der Waals surface area (Å²) in [5.74, 6) is 0.946. The van der Waals surface area contributed by atoms with Crippen molar-refractivity contribution in [1.29, 1.82) is 0 Å². The number of para-hydroxylation sites is 2. The van der Waals surface area contributed by atoms with Gasteiger partial charge in [0.2, 0.25) is 0 Å². The number of thiazole rings is 1. The van der Waals surface area contributed by atoms with E-state index in [-0.39, 0.29) is 11.8 Å². The lowest BCUT2D eigenvalue weighted by Gasteiger charge is -2.22. The van der Waals surface area contributed by atoms with Crippen LogP contribution in [0.4, 0.5) is 14.5 Å². The highest BCUT2D eigenvalue weighted by Gasteiger charge is 2.26. The summed E-state index contributed by atoms with van der Waals surface area (Å²) in [4.78, 5) is 12.1. The number of hydrogen-bond acceptors (Lipinski definition) is 5. The number of aliphatic imine (C=N–C) groups is 1. The predicted molar refractivity (Wildman–Crippen MR) is 113 cm³/mol. The molecule has 0 radical (unpaired) electrons. The molecule has 1 fully saturated rings. The van der Waals surface area contributed by atoms with E-state index in [9.17, 15) is 8.78 Å². The first-order valence-corrected chi connectivity index (χ1v) is 10.6. The zero-order valence-electron chi connectivity index (χ0n) is 16.7. The van der Waals surface area contributed by atoms with E-state index in [1.54, 1.807) is 30.5 Å². The van der Waals surface area contributed by atoms with Crippen molar-refractivity contribution in [2.45, 2.75) is 38.8 Å². The Balaban J connectivity index is 1.49. The fraction of sp³-hybridized carbons (Fsp3) is 0.500. The van der Waals surface area contributed by atoms with Crippen LogP contribution in [0.5, 0.6) is 5.75 Å². The molecule has 1 aliphatic rings. The Hall–Kier alpha value is -2.42. The molecule has 9 heteroatoms. The third-order valence-corrected chi connectivity index (χ3v) is 5.96. The number of nitrogens with one attached hydrogen (secondary N) is 2. The number of alkyl halides is 2. The van der Waals surface area contributed by atoms with Gasteiger partial charge in [-0.3, -0.25) is 4.99 Å². The molecule has 2 heterocycles. The minimum Gasteiger partial charge on any atom is -0.433 e. The summed E-state index contributed by atoms with van der Waals surface area (Å²) in [6.07, 6.45) is 4.68. The summed E-state index contributed by atoms with van der Waals surface area (Å²) in [5, 5.41) is 7.86. The molecule has 29 heavy (non-hydrogen) atoms. The number of aryl methyl sites for hydroxylation is 1. The molecule has 3 rings (SSSR count). The minimum absolute atomic E-state index is 0.173. The molecule has 158 valence electrons. The zero-order chi connectivity index (χ0) is 20.6. The van der Waals surface area contributed by atoms with Gasteiger partial charge in [0.15, 0.2) is 5.96 Å². The first-order chi connectivity index (χ1) is 14.1. The van der Waals surface area contributed by atoms with E-state index in [4.69, 9.17) is 0 Å². The fourth-order valence-electron chi connectivity index (χ4n) is 3.31. The van der Waals surface area contributed by atoms with Gasteiger partial charge in [0.1, 0.15) is 5.75 Å². The smallest absolute Gasteiger partial charge is 0.387 e. The molecule has 0 amide bonds. The summed E-state index contributed by atoms with van der Waals surface area (Å²) >= 11 is 1.75. The maximum Gasteiger partial charge on any atom is 0.387 e. The number of nitrogens with zero attached hydrogens (tertiary/aromatic N) is 3. The van der Waals surface area contributed by atoms with Gasteiger partial charge in [-0.2, -0.15) is 8.78 Å². The maximum absolute atomic E-state index is 12.7. The average molecular weight is 424 g/mol. The first-order valence-electron chi connectivity index (χ1n) is 9.78. The van der Waals surface area contributed by atoms with Gasteiger partial charge in [0, 0.05) is 50.2 Å². The van der Waals surface area contributed by atoms with Gasteiger partial charge in [-0.1, -0.05) is 19.1 Å². The van der Waals surface area contributed by atoms with E-state index < -0.39 is 6.61 Å². The molecule has 1 aromatic heterocycles. The Morgan fingerprint density at radius 3 is 2.97 bits per heavy atom. The van der Waals surface area contributed by atoms with E-state index in [1.165, 1.54) is 4.88 Å². The van der Waals surface area contributed by atoms with Crippen LogP contribution in [0.1, 0.15) is 23.2 Å². The van der Waals surface area contributed by atoms with E-state index in [1.807, 2.05) is 18.3 Å². The number of hydrogen-bond donors (Lipinski definition) is 2. The van der Waals surface area contributed by atoms with E-state index >= 15 is 0 Å². The SMILES string of the molecule is CCc1cnc(CCNC(=NC)NC2CCN(c3ccccc3OC(F)F)C2)s1. The maximum atomic E-state index is 12.7. The molecular formula is C20H27F2N5OS. The van der Waals surface area contributed by atoms with Crippen molar-refractivity contribution in [1.82, 2.24) is 15.6 Å². The highest BCUT2D eigenvalue weighted by atomic mass is 32.1. The van der Waals surface area contributed by atoms with Gasteiger partial charge < -0.3 is 20.3 Å². The zero-order valence-corrected chi connectivity index (χ0v) is 17.5. The molecule has 1 aliphatic heterocycles. The Morgan fingerprint density at radius 1 is 1.41 bits per heavy atom. The quantitative estimate of drug-likeness (QED) is 0.504. The van der Waals surface area contributed by atoms with Crippen molar-refractivity contribution in [3.63, 3.8) is 0 Å². The molecule has 0 saturated carbocycles. The van der Waals surface area contributed by atoms with Gasteiger partial charge >= 0.3 is 6.61 Å². The second kappa shape index (κ2) is 10.4. The normalized spacial score (nSPS) is 17.1. The van der Waals surface area contributed by atoms with Crippen molar-refractivity contribution in [2.24, 2.45) is 4.99 Å². The van der Waals surface area contributed by atoms with Crippen LogP contribution in [0.25, 0.3) is 0 Å². The molecule has 2 N–H and O–H groups in total. The second-order valence-corrected chi connectivity index (χ2v) is 7.94. The van der Waals surface area contributed by atoms with Crippen LogP contribution in [0, 0.1) is 0 Å². The molecule has 0 bridgehead atoms. The van der Waals surface area contributed by atoms with E-state index in [0.717, 1.165) is 43.3 Å². The van der Waals surface area contributed by atoms with E-state index in [2.05, 4.69) is 37.2 Å². The highest BCUT2D eigenvalue weighted by Crippen LogP contribution is 2.31.